The minimum absolute atomic E-state index is 0.00898. The van der Waals surface area contributed by atoms with Crippen LogP contribution in [0.25, 0.3) is 0 Å². The number of carbonyl (C=O) groups is 1. The van der Waals surface area contributed by atoms with E-state index in [4.69, 9.17) is 0 Å². The molecule has 1 aromatic carbocycles. The molecular weight excluding hydrogens is 358 g/mol. The molecule has 0 aromatic heterocycles. The SMILES string of the molecule is O=C(NCC1(CBr)CCCC1)c1ccccc1Br. The molecule has 0 atom stereocenters. The Morgan fingerprint density at radius 2 is 1.94 bits per heavy atom. The van der Waals surface area contributed by atoms with Gasteiger partial charge in [-0.05, 0) is 46.3 Å². The number of benzene rings is 1. The van der Waals surface area contributed by atoms with Gasteiger partial charge in [0.15, 0.2) is 0 Å². The van der Waals surface area contributed by atoms with E-state index in [1.54, 1.807) is 0 Å². The lowest BCUT2D eigenvalue weighted by Crippen LogP contribution is -2.37. The fraction of sp³-hybridized carbons (Fsp3) is 0.500. The maximum absolute atomic E-state index is 12.1. The summed E-state index contributed by atoms with van der Waals surface area (Å²) in [7, 11) is 0. The highest BCUT2D eigenvalue weighted by molar-refractivity contribution is 9.10. The quantitative estimate of drug-likeness (QED) is 0.788. The van der Waals surface area contributed by atoms with Crippen LogP contribution in [-0.4, -0.2) is 17.8 Å². The molecule has 1 amide bonds. The average molecular weight is 375 g/mol. The van der Waals surface area contributed by atoms with Crippen molar-refractivity contribution in [3.05, 3.63) is 34.3 Å². The molecular formula is C14H17Br2NO. The van der Waals surface area contributed by atoms with Gasteiger partial charge in [0.25, 0.3) is 5.91 Å². The number of hydrogen-bond acceptors (Lipinski definition) is 1. The van der Waals surface area contributed by atoms with Gasteiger partial charge in [-0.15, -0.1) is 0 Å². The Kier molecular flexibility index (Phi) is 4.84. The maximum Gasteiger partial charge on any atom is 0.252 e. The lowest BCUT2D eigenvalue weighted by Gasteiger charge is -2.26. The van der Waals surface area contributed by atoms with Gasteiger partial charge in [-0.2, -0.15) is 0 Å². The third kappa shape index (κ3) is 3.15. The topological polar surface area (TPSA) is 29.1 Å². The van der Waals surface area contributed by atoms with Crippen LogP contribution in [-0.2, 0) is 0 Å². The van der Waals surface area contributed by atoms with Crippen LogP contribution in [0.4, 0.5) is 0 Å². The standard InChI is InChI=1S/C14H17Br2NO/c15-9-14(7-3-4-8-14)10-17-13(18)11-5-1-2-6-12(11)16/h1-2,5-6H,3-4,7-10H2,(H,17,18). The summed E-state index contributed by atoms with van der Waals surface area (Å²) < 4.78 is 0.849. The van der Waals surface area contributed by atoms with Crippen LogP contribution in [0.1, 0.15) is 36.0 Å². The van der Waals surface area contributed by atoms with Gasteiger partial charge in [0.2, 0.25) is 0 Å². The number of hydrogen-bond donors (Lipinski definition) is 1. The van der Waals surface area contributed by atoms with Gasteiger partial charge in [0.05, 0.1) is 5.56 Å². The Balaban J connectivity index is 1.98. The molecule has 0 spiro atoms. The summed E-state index contributed by atoms with van der Waals surface area (Å²) in [6.07, 6.45) is 4.95. The lowest BCUT2D eigenvalue weighted by molar-refractivity contribution is 0.0935. The van der Waals surface area contributed by atoms with Crippen molar-refractivity contribution >= 4 is 37.8 Å². The Bertz CT molecular complexity index is 428. The van der Waals surface area contributed by atoms with Gasteiger partial charge in [-0.3, -0.25) is 4.79 Å². The molecule has 1 aliphatic carbocycles. The lowest BCUT2D eigenvalue weighted by atomic mass is 9.89. The van der Waals surface area contributed by atoms with Gasteiger partial charge in [0.1, 0.15) is 0 Å². The molecule has 98 valence electrons. The third-order valence-corrected chi connectivity index (χ3v) is 5.57. The minimum atomic E-state index is 0.00898. The number of halogens is 2. The van der Waals surface area contributed by atoms with Gasteiger partial charge in [-0.25, -0.2) is 0 Å². The van der Waals surface area contributed by atoms with E-state index in [1.807, 2.05) is 24.3 Å². The first kappa shape index (κ1) is 14.1. The van der Waals surface area contributed by atoms with Crippen molar-refractivity contribution in [1.29, 1.82) is 0 Å². The van der Waals surface area contributed by atoms with Gasteiger partial charge in [0, 0.05) is 16.3 Å². The van der Waals surface area contributed by atoms with E-state index in [-0.39, 0.29) is 11.3 Å². The van der Waals surface area contributed by atoms with Crippen molar-refractivity contribution in [2.24, 2.45) is 5.41 Å². The predicted octanol–water partition coefficient (Wildman–Crippen LogP) is 4.13. The van der Waals surface area contributed by atoms with E-state index in [2.05, 4.69) is 37.2 Å². The zero-order valence-corrected chi connectivity index (χ0v) is 13.4. The Morgan fingerprint density at radius 3 is 2.56 bits per heavy atom. The smallest absolute Gasteiger partial charge is 0.252 e. The van der Waals surface area contributed by atoms with Crippen molar-refractivity contribution < 1.29 is 4.79 Å². The van der Waals surface area contributed by atoms with Gasteiger partial charge >= 0.3 is 0 Å². The van der Waals surface area contributed by atoms with Crippen LogP contribution in [0, 0.1) is 5.41 Å². The van der Waals surface area contributed by atoms with Crippen LogP contribution in [0.15, 0.2) is 28.7 Å². The van der Waals surface area contributed by atoms with Crippen LogP contribution in [0.2, 0.25) is 0 Å². The number of carbonyl (C=O) groups excluding carboxylic acids is 1. The number of rotatable bonds is 4. The van der Waals surface area contributed by atoms with Crippen molar-refractivity contribution in [2.45, 2.75) is 25.7 Å². The monoisotopic (exact) mass is 373 g/mol. The maximum atomic E-state index is 12.1. The molecule has 4 heteroatoms. The zero-order valence-electron chi connectivity index (χ0n) is 10.2. The molecule has 1 saturated carbocycles. The molecule has 2 nitrogen and oxygen atoms in total. The second-order valence-electron chi connectivity index (χ2n) is 5.00. The Morgan fingerprint density at radius 1 is 1.28 bits per heavy atom. The van der Waals surface area contributed by atoms with Crippen molar-refractivity contribution in [3.63, 3.8) is 0 Å². The first-order chi connectivity index (χ1) is 8.67. The number of amides is 1. The molecule has 1 N–H and O–H groups in total. The van der Waals surface area contributed by atoms with E-state index < -0.39 is 0 Å². The summed E-state index contributed by atoms with van der Waals surface area (Å²) in [5.41, 5.74) is 0.969. The van der Waals surface area contributed by atoms with Crippen molar-refractivity contribution in [2.75, 3.05) is 11.9 Å². The van der Waals surface area contributed by atoms with Crippen LogP contribution < -0.4 is 5.32 Å². The summed E-state index contributed by atoms with van der Waals surface area (Å²) in [4.78, 5) is 12.1. The van der Waals surface area contributed by atoms with Crippen LogP contribution in [0.5, 0.6) is 0 Å². The fourth-order valence-corrected chi connectivity index (χ4v) is 3.71. The highest BCUT2D eigenvalue weighted by Crippen LogP contribution is 2.39. The van der Waals surface area contributed by atoms with E-state index in [1.165, 1.54) is 25.7 Å². The van der Waals surface area contributed by atoms with Gasteiger partial charge < -0.3 is 5.32 Å². The highest BCUT2D eigenvalue weighted by atomic mass is 79.9. The summed E-state index contributed by atoms with van der Waals surface area (Å²) in [5.74, 6) is 0.00898. The molecule has 0 unspecified atom stereocenters. The Labute approximate surface area is 125 Å². The molecule has 18 heavy (non-hydrogen) atoms. The largest absolute Gasteiger partial charge is 0.351 e. The normalized spacial score (nSPS) is 17.7. The van der Waals surface area contributed by atoms with Gasteiger partial charge in [-0.1, -0.05) is 40.9 Å². The first-order valence-corrected chi connectivity index (χ1v) is 8.17. The van der Waals surface area contributed by atoms with Crippen molar-refractivity contribution in [1.82, 2.24) is 5.32 Å². The molecule has 1 aliphatic rings. The van der Waals surface area contributed by atoms with E-state index in [0.29, 0.717) is 5.56 Å². The van der Waals surface area contributed by atoms with E-state index in [9.17, 15) is 4.79 Å². The molecule has 0 heterocycles. The Hall–Kier alpha value is -0.350. The summed E-state index contributed by atoms with van der Waals surface area (Å²) in [6.45, 7) is 0.762. The second-order valence-corrected chi connectivity index (χ2v) is 6.42. The van der Waals surface area contributed by atoms with E-state index in [0.717, 1.165) is 16.3 Å². The number of nitrogens with one attached hydrogen (secondary N) is 1. The minimum Gasteiger partial charge on any atom is -0.351 e. The predicted molar refractivity (Wildman–Crippen MR) is 81.2 cm³/mol. The molecule has 0 radical (unpaired) electrons. The first-order valence-electron chi connectivity index (χ1n) is 6.26. The van der Waals surface area contributed by atoms with Crippen LogP contribution in [0.3, 0.4) is 0 Å². The number of alkyl halides is 1. The van der Waals surface area contributed by atoms with E-state index >= 15 is 0 Å². The fourth-order valence-electron chi connectivity index (χ4n) is 2.49. The molecule has 2 rings (SSSR count). The molecule has 0 bridgehead atoms. The molecule has 0 saturated heterocycles. The molecule has 1 aromatic rings. The second kappa shape index (κ2) is 6.20. The molecule has 0 aliphatic heterocycles. The average Bonchev–Trinajstić information content (AvgIpc) is 2.86. The van der Waals surface area contributed by atoms with Crippen molar-refractivity contribution in [3.8, 4) is 0 Å². The summed E-state index contributed by atoms with van der Waals surface area (Å²) in [5, 5.41) is 4.04. The molecule has 1 fully saturated rings. The summed E-state index contributed by atoms with van der Waals surface area (Å²) in [6, 6.07) is 7.53. The third-order valence-electron chi connectivity index (χ3n) is 3.69. The highest BCUT2D eigenvalue weighted by Gasteiger charge is 2.33. The van der Waals surface area contributed by atoms with Crippen LogP contribution >= 0.6 is 31.9 Å². The zero-order chi connectivity index (χ0) is 13.0. The summed E-state index contributed by atoms with van der Waals surface area (Å²) >= 11 is 7.00.